The Morgan fingerprint density at radius 3 is 2.96 bits per heavy atom. The zero-order valence-corrected chi connectivity index (χ0v) is 18.2. The first-order chi connectivity index (χ1) is 11.7. The second-order valence-electron chi connectivity index (χ2n) is 6.19. The molecule has 1 unspecified atom stereocenters. The molecule has 3 heterocycles. The van der Waals surface area contributed by atoms with Crippen molar-refractivity contribution in [2.45, 2.75) is 32.5 Å². The summed E-state index contributed by atoms with van der Waals surface area (Å²) in [4.78, 5) is 8.40. The Bertz CT molecular complexity index is 695. The molecule has 25 heavy (non-hydrogen) atoms. The van der Waals surface area contributed by atoms with Crippen LogP contribution in [0.2, 0.25) is 0 Å². The van der Waals surface area contributed by atoms with Gasteiger partial charge in [-0.2, -0.15) is 5.10 Å². The highest BCUT2D eigenvalue weighted by Gasteiger charge is 2.21. The summed E-state index contributed by atoms with van der Waals surface area (Å²) < 4.78 is 1.87. The molecule has 6 nitrogen and oxygen atoms in total. The minimum Gasteiger partial charge on any atom is -0.355 e. The van der Waals surface area contributed by atoms with E-state index in [1.165, 1.54) is 12.0 Å². The molecular formula is C17H27IN6S. The number of aromatic nitrogens is 2. The van der Waals surface area contributed by atoms with E-state index in [4.69, 9.17) is 0 Å². The summed E-state index contributed by atoms with van der Waals surface area (Å²) in [5.74, 6) is 0.830. The minimum atomic E-state index is 0. The lowest BCUT2D eigenvalue weighted by Gasteiger charge is -2.32. The lowest BCUT2D eigenvalue weighted by atomic mass is 10.1. The molecule has 0 aliphatic carbocycles. The van der Waals surface area contributed by atoms with Gasteiger partial charge < -0.3 is 10.6 Å². The number of fused-ring (bicyclic) bond motifs is 1. The first kappa shape index (κ1) is 20.2. The van der Waals surface area contributed by atoms with Crippen LogP contribution >= 0.6 is 35.3 Å². The Hall–Kier alpha value is -1.13. The number of nitrogens with zero attached hydrogens (tertiary/aromatic N) is 4. The third-order valence-corrected chi connectivity index (χ3v) is 5.63. The van der Waals surface area contributed by atoms with Crippen LogP contribution in [0.1, 0.15) is 23.1 Å². The van der Waals surface area contributed by atoms with Crippen molar-refractivity contribution in [3.8, 4) is 0 Å². The van der Waals surface area contributed by atoms with E-state index in [1.807, 2.05) is 42.4 Å². The molecule has 1 aliphatic heterocycles. The van der Waals surface area contributed by atoms with Gasteiger partial charge in [0.05, 0.1) is 12.2 Å². The summed E-state index contributed by atoms with van der Waals surface area (Å²) in [6.07, 6.45) is 2.98. The maximum atomic E-state index is 4.31. The largest absolute Gasteiger partial charge is 0.355 e. The van der Waals surface area contributed by atoms with Crippen molar-refractivity contribution in [3.63, 3.8) is 0 Å². The Morgan fingerprint density at radius 2 is 2.24 bits per heavy atom. The molecule has 0 bridgehead atoms. The van der Waals surface area contributed by atoms with Gasteiger partial charge in [-0.25, -0.2) is 0 Å². The molecule has 0 fully saturated rings. The van der Waals surface area contributed by atoms with Crippen molar-refractivity contribution in [1.82, 2.24) is 25.3 Å². The quantitative estimate of drug-likeness (QED) is 0.397. The Labute approximate surface area is 170 Å². The molecule has 3 rings (SSSR count). The Morgan fingerprint density at radius 1 is 1.40 bits per heavy atom. The number of thiophene rings is 1. The summed E-state index contributed by atoms with van der Waals surface area (Å²) >= 11 is 1.89. The van der Waals surface area contributed by atoms with E-state index in [1.54, 1.807) is 4.88 Å². The van der Waals surface area contributed by atoms with E-state index in [0.29, 0.717) is 12.6 Å². The van der Waals surface area contributed by atoms with E-state index < -0.39 is 0 Å². The van der Waals surface area contributed by atoms with Gasteiger partial charge in [-0.05, 0) is 36.4 Å². The minimum absolute atomic E-state index is 0. The first-order valence-electron chi connectivity index (χ1n) is 8.38. The number of guanidine groups is 1. The van der Waals surface area contributed by atoms with E-state index in [2.05, 4.69) is 44.0 Å². The third kappa shape index (κ3) is 5.18. The van der Waals surface area contributed by atoms with Crippen LogP contribution in [0.3, 0.4) is 0 Å². The van der Waals surface area contributed by atoms with Crippen molar-refractivity contribution in [3.05, 3.63) is 39.8 Å². The number of halogens is 1. The lowest BCUT2D eigenvalue weighted by molar-refractivity contribution is 0.192. The molecule has 0 saturated heterocycles. The van der Waals surface area contributed by atoms with E-state index in [9.17, 15) is 0 Å². The molecule has 8 heteroatoms. The first-order valence-corrected chi connectivity index (χ1v) is 9.26. The zero-order valence-electron chi connectivity index (χ0n) is 15.0. The summed E-state index contributed by atoms with van der Waals surface area (Å²) in [6, 6.07) is 4.74. The molecule has 138 valence electrons. The van der Waals surface area contributed by atoms with Crippen molar-refractivity contribution in [2.75, 3.05) is 20.1 Å². The second-order valence-corrected chi connectivity index (χ2v) is 7.19. The molecule has 0 radical (unpaired) electrons. The van der Waals surface area contributed by atoms with Crippen molar-refractivity contribution >= 4 is 41.3 Å². The molecular weight excluding hydrogens is 447 g/mol. The van der Waals surface area contributed by atoms with Gasteiger partial charge in [-0.1, -0.05) is 0 Å². The summed E-state index contributed by atoms with van der Waals surface area (Å²) in [7, 11) is 3.76. The standard InChI is InChI=1S/C17H26N6S.HI/c1-13(23-8-5-16-14(12-23)6-9-24-16)10-19-17(18-2)20-11-15-4-7-21-22(15)3;/h4,6-7,9,13H,5,8,10-12H2,1-3H3,(H2,18,19,20);1H. The molecule has 0 aromatic carbocycles. The van der Waals surface area contributed by atoms with Crippen LogP contribution in [0, 0.1) is 0 Å². The van der Waals surface area contributed by atoms with Crippen LogP contribution in [0.25, 0.3) is 0 Å². The summed E-state index contributed by atoms with van der Waals surface area (Å²) in [5.41, 5.74) is 2.63. The number of hydrogen-bond donors (Lipinski definition) is 2. The number of hydrogen-bond acceptors (Lipinski definition) is 4. The summed E-state index contributed by atoms with van der Waals surface area (Å²) in [6.45, 7) is 6.07. The second kappa shape index (κ2) is 9.54. The number of aliphatic imine (C=N–C) groups is 1. The van der Waals surface area contributed by atoms with Crippen LogP contribution in [0.15, 0.2) is 28.7 Å². The molecule has 0 saturated carbocycles. The molecule has 1 atom stereocenters. The van der Waals surface area contributed by atoms with E-state index in [-0.39, 0.29) is 24.0 Å². The van der Waals surface area contributed by atoms with Crippen LogP contribution < -0.4 is 10.6 Å². The number of aryl methyl sites for hydroxylation is 1. The number of nitrogens with one attached hydrogen (secondary N) is 2. The maximum absolute atomic E-state index is 4.31. The number of rotatable bonds is 5. The molecule has 0 amide bonds. The molecule has 1 aliphatic rings. The predicted molar refractivity (Wildman–Crippen MR) is 115 cm³/mol. The average molecular weight is 474 g/mol. The summed E-state index contributed by atoms with van der Waals surface area (Å²) in [5, 5.41) is 13.2. The fourth-order valence-electron chi connectivity index (χ4n) is 2.99. The van der Waals surface area contributed by atoms with E-state index in [0.717, 1.165) is 31.3 Å². The van der Waals surface area contributed by atoms with E-state index >= 15 is 0 Å². The van der Waals surface area contributed by atoms with Crippen LogP contribution in [-0.4, -0.2) is 46.8 Å². The van der Waals surface area contributed by atoms with Gasteiger partial charge >= 0.3 is 0 Å². The highest BCUT2D eigenvalue weighted by Crippen LogP contribution is 2.24. The van der Waals surface area contributed by atoms with Gasteiger partial charge in [0.2, 0.25) is 0 Å². The topological polar surface area (TPSA) is 57.5 Å². The van der Waals surface area contributed by atoms with Crippen molar-refractivity contribution in [1.29, 1.82) is 0 Å². The van der Waals surface area contributed by atoms with Gasteiger partial charge in [-0.3, -0.25) is 14.6 Å². The zero-order chi connectivity index (χ0) is 16.9. The van der Waals surface area contributed by atoms with Crippen LogP contribution in [0.5, 0.6) is 0 Å². The average Bonchev–Trinajstić information content (AvgIpc) is 3.22. The molecule has 0 spiro atoms. The fraction of sp³-hybridized carbons (Fsp3) is 0.529. The van der Waals surface area contributed by atoms with Gasteiger partial charge in [0.25, 0.3) is 0 Å². The normalized spacial score (nSPS) is 16.0. The Balaban J connectivity index is 0.00000225. The highest BCUT2D eigenvalue weighted by molar-refractivity contribution is 14.0. The van der Waals surface area contributed by atoms with Crippen molar-refractivity contribution < 1.29 is 0 Å². The monoisotopic (exact) mass is 474 g/mol. The maximum Gasteiger partial charge on any atom is 0.191 e. The van der Waals surface area contributed by atoms with Gasteiger partial charge in [-0.15, -0.1) is 35.3 Å². The molecule has 2 aromatic heterocycles. The third-order valence-electron chi connectivity index (χ3n) is 4.61. The molecule has 2 aromatic rings. The predicted octanol–water partition coefficient (Wildman–Crippen LogP) is 2.21. The lowest BCUT2D eigenvalue weighted by Crippen LogP contribution is -2.47. The van der Waals surface area contributed by atoms with Crippen LogP contribution in [0.4, 0.5) is 0 Å². The van der Waals surface area contributed by atoms with Crippen LogP contribution in [-0.2, 0) is 26.6 Å². The highest BCUT2D eigenvalue weighted by atomic mass is 127. The smallest absolute Gasteiger partial charge is 0.191 e. The fourth-order valence-corrected chi connectivity index (χ4v) is 3.88. The van der Waals surface area contributed by atoms with Crippen molar-refractivity contribution in [2.24, 2.45) is 12.0 Å². The van der Waals surface area contributed by atoms with Gasteiger partial charge in [0.15, 0.2) is 5.96 Å². The van der Waals surface area contributed by atoms with Gasteiger partial charge in [0.1, 0.15) is 0 Å². The SMILES string of the molecule is CN=C(NCc1ccnn1C)NCC(C)N1CCc2sccc2C1.I. The Kier molecular flexibility index (Phi) is 7.70. The van der Waals surface area contributed by atoms with Gasteiger partial charge in [0, 0.05) is 50.8 Å². The molecule has 2 N–H and O–H groups in total.